The summed E-state index contributed by atoms with van der Waals surface area (Å²) in [7, 11) is 0. The van der Waals surface area contributed by atoms with E-state index in [9.17, 15) is 9.59 Å². The number of aromatic nitrogens is 2. The Morgan fingerprint density at radius 1 is 1.33 bits per heavy atom. The number of hydrogen-bond donors (Lipinski definition) is 1. The second kappa shape index (κ2) is 9.08. The highest BCUT2D eigenvalue weighted by molar-refractivity contribution is 7.99. The van der Waals surface area contributed by atoms with Crippen molar-refractivity contribution in [3.05, 3.63) is 33.6 Å². The summed E-state index contributed by atoms with van der Waals surface area (Å²) in [4.78, 5) is 29.1. The first kappa shape index (κ1) is 18.8. The van der Waals surface area contributed by atoms with Gasteiger partial charge in [0.25, 0.3) is 5.56 Å². The topological polar surface area (TPSA) is 64.0 Å². The molecule has 5 nitrogen and oxygen atoms in total. The van der Waals surface area contributed by atoms with Crippen LogP contribution in [0.2, 0.25) is 5.02 Å². The van der Waals surface area contributed by atoms with E-state index in [1.165, 1.54) is 11.8 Å². The number of fused-ring (bicyclic) bond motifs is 1. The van der Waals surface area contributed by atoms with Crippen molar-refractivity contribution in [2.75, 3.05) is 12.3 Å². The minimum atomic E-state index is -0.0904. The molecule has 0 saturated carbocycles. The van der Waals surface area contributed by atoms with Crippen LogP contribution in [0.5, 0.6) is 0 Å². The summed E-state index contributed by atoms with van der Waals surface area (Å²) in [5, 5.41) is 4.51. The third-order valence-electron chi connectivity index (χ3n) is 3.51. The molecule has 130 valence electrons. The quantitative estimate of drug-likeness (QED) is 0.441. The number of unbranched alkanes of at least 4 members (excludes halogenated alkanes) is 1. The predicted molar refractivity (Wildman–Crippen MR) is 99.9 cm³/mol. The molecule has 1 aromatic heterocycles. The lowest BCUT2D eigenvalue weighted by Gasteiger charge is -2.12. The third-order valence-corrected chi connectivity index (χ3v) is 4.73. The molecule has 1 N–H and O–H groups in total. The second-order valence-corrected chi connectivity index (χ2v) is 6.88. The smallest absolute Gasteiger partial charge is 0.262 e. The molecule has 0 aliphatic heterocycles. The van der Waals surface area contributed by atoms with Crippen LogP contribution >= 0.6 is 23.4 Å². The van der Waals surface area contributed by atoms with Crippen molar-refractivity contribution in [1.82, 2.24) is 14.9 Å². The van der Waals surface area contributed by atoms with Gasteiger partial charge in [-0.3, -0.25) is 14.2 Å². The monoisotopic (exact) mass is 367 g/mol. The minimum Gasteiger partial charge on any atom is -0.355 e. The van der Waals surface area contributed by atoms with Crippen LogP contribution in [0.15, 0.2) is 28.2 Å². The van der Waals surface area contributed by atoms with Crippen LogP contribution in [-0.4, -0.2) is 27.8 Å². The van der Waals surface area contributed by atoms with E-state index in [0.717, 1.165) is 19.3 Å². The van der Waals surface area contributed by atoms with Gasteiger partial charge in [-0.15, -0.1) is 0 Å². The number of thioether (sulfide) groups is 1. The number of amides is 1. The summed E-state index contributed by atoms with van der Waals surface area (Å²) in [5.41, 5.74) is 0.473. The van der Waals surface area contributed by atoms with Gasteiger partial charge in [0.2, 0.25) is 5.91 Å². The predicted octanol–water partition coefficient (Wildman–Crippen LogP) is 3.47. The number of nitrogens with one attached hydrogen (secondary N) is 1. The number of benzene rings is 1. The second-order valence-electron chi connectivity index (χ2n) is 5.50. The molecular weight excluding hydrogens is 346 g/mol. The molecule has 24 heavy (non-hydrogen) atoms. The summed E-state index contributed by atoms with van der Waals surface area (Å²) in [6.07, 6.45) is 2.82. The van der Waals surface area contributed by atoms with Gasteiger partial charge >= 0.3 is 0 Å². The fourth-order valence-electron chi connectivity index (χ4n) is 2.29. The first-order chi connectivity index (χ1) is 11.6. The van der Waals surface area contributed by atoms with Crippen molar-refractivity contribution in [2.45, 2.75) is 44.8 Å². The normalized spacial score (nSPS) is 11.0. The maximum atomic E-state index is 12.7. The lowest BCUT2D eigenvalue weighted by Crippen LogP contribution is -2.27. The Kier molecular flexibility index (Phi) is 7.12. The van der Waals surface area contributed by atoms with Crippen molar-refractivity contribution >= 4 is 40.2 Å². The number of carbonyl (C=O) groups is 1. The van der Waals surface area contributed by atoms with E-state index in [0.29, 0.717) is 34.2 Å². The van der Waals surface area contributed by atoms with E-state index in [4.69, 9.17) is 11.6 Å². The Labute approximate surface area is 150 Å². The van der Waals surface area contributed by atoms with Gasteiger partial charge in [0.15, 0.2) is 5.16 Å². The summed E-state index contributed by atoms with van der Waals surface area (Å²) in [6.45, 7) is 5.33. The Morgan fingerprint density at radius 3 is 2.83 bits per heavy atom. The summed E-state index contributed by atoms with van der Waals surface area (Å²) in [6, 6.07) is 5.07. The molecule has 0 fully saturated rings. The number of hydrogen-bond acceptors (Lipinski definition) is 4. The van der Waals surface area contributed by atoms with E-state index in [1.54, 1.807) is 22.8 Å². The van der Waals surface area contributed by atoms with E-state index in [2.05, 4.69) is 17.2 Å². The minimum absolute atomic E-state index is 0.0445. The van der Waals surface area contributed by atoms with E-state index < -0.39 is 0 Å². The van der Waals surface area contributed by atoms with Gasteiger partial charge in [0.1, 0.15) is 0 Å². The molecule has 0 aliphatic rings. The molecule has 0 aliphatic carbocycles. The van der Waals surface area contributed by atoms with E-state index in [1.807, 2.05) is 6.92 Å². The molecule has 1 heterocycles. The van der Waals surface area contributed by atoms with Crippen LogP contribution in [0, 0.1) is 0 Å². The van der Waals surface area contributed by atoms with Crippen molar-refractivity contribution < 1.29 is 4.79 Å². The average Bonchev–Trinajstić information content (AvgIpc) is 2.56. The van der Waals surface area contributed by atoms with Crippen molar-refractivity contribution in [3.8, 4) is 0 Å². The molecular formula is C17H22ClN3O2S. The zero-order valence-electron chi connectivity index (χ0n) is 14.0. The highest BCUT2D eigenvalue weighted by Gasteiger charge is 2.13. The highest BCUT2D eigenvalue weighted by atomic mass is 35.5. The van der Waals surface area contributed by atoms with Crippen LogP contribution < -0.4 is 10.9 Å². The molecule has 7 heteroatoms. The molecule has 1 aromatic carbocycles. The summed E-state index contributed by atoms with van der Waals surface area (Å²) < 4.78 is 1.64. The van der Waals surface area contributed by atoms with Gasteiger partial charge in [-0.2, -0.15) is 0 Å². The zero-order valence-corrected chi connectivity index (χ0v) is 15.5. The lowest BCUT2D eigenvalue weighted by atomic mass is 10.2. The van der Waals surface area contributed by atoms with Gasteiger partial charge in [-0.1, -0.05) is 43.6 Å². The number of halogens is 1. The fourth-order valence-corrected chi connectivity index (χ4v) is 3.31. The Bertz CT molecular complexity index is 776. The summed E-state index contributed by atoms with van der Waals surface area (Å²) in [5.74, 6) is 0.198. The first-order valence-corrected chi connectivity index (χ1v) is 9.52. The molecule has 0 unspecified atom stereocenters. The van der Waals surface area contributed by atoms with Crippen molar-refractivity contribution in [1.29, 1.82) is 0 Å². The van der Waals surface area contributed by atoms with Crippen molar-refractivity contribution in [3.63, 3.8) is 0 Å². The van der Waals surface area contributed by atoms with Crippen LogP contribution in [0.4, 0.5) is 0 Å². The molecule has 2 rings (SSSR count). The zero-order chi connectivity index (χ0) is 17.5. The standard InChI is InChI=1S/C17H22ClN3O2S/c1-3-5-8-19-15(22)11-24-17-20-14-10-12(18)6-7-13(14)16(23)21(17)9-4-2/h6-7,10H,3-5,8-9,11H2,1-2H3,(H,19,22). The van der Waals surface area contributed by atoms with Crippen LogP contribution in [0.25, 0.3) is 10.9 Å². The molecule has 0 spiro atoms. The van der Waals surface area contributed by atoms with Gasteiger partial charge in [-0.25, -0.2) is 4.98 Å². The average molecular weight is 368 g/mol. The Balaban J connectivity index is 2.25. The third kappa shape index (κ3) is 4.74. The van der Waals surface area contributed by atoms with Gasteiger partial charge in [0, 0.05) is 18.1 Å². The van der Waals surface area contributed by atoms with Crippen LogP contribution in [0.3, 0.4) is 0 Å². The molecule has 0 radical (unpaired) electrons. The molecule has 0 saturated heterocycles. The molecule has 1 amide bonds. The van der Waals surface area contributed by atoms with Gasteiger partial charge < -0.3 is 5.32 Å². The SMILES string of the molecule is CCCCNC(=O)CSc1nc2cc(Cl)ccc2c(=O)n1CCC. The molecule has 2 aromatic rings. The number of carbonyl (C=O) groups excluding carboxylic acids is 1. The largest absolute Gasteiger partial charge is 0.355 e. The Morgan fingerprint density at radius 2 is 2.12 bits per heavy atom. The molecule has 0 atom stereocenters. The highest BCUT2D eigenvalue weighted by Crippen LogP contribution is 2.20. The van der Waals surface area contributed by atoms with E-state index >= 15 is 0 Å². The maximum Gasteiger partial charge on any atom is 0.262 e. The van der Waals surface area contributed by atoms with Crippen molar-refractivity contribution in [2.24, 2.45) is 0 Å². The van der Waals surface area contributed by atoms with E-state index in [-0.39, 0.29) is 17.2 Å². The summed E-state index contributed by atoms with van der Waals surface area (Å²) >= 11 is 7.29. The maximum absolute atomic E-state index is 12.7. The molecule has 0 bridgehead atoms. The van der Waals surface area contributed by atoms with Gasteiger partial charge in [-0.05, 0) is 31.0 Å². The van der Waals surface area contributed by atoms with Crippen LogP contribution in [-0.2, 0) is 11.3 Å². The number of nitrogens with zero attached hydrogens (tertiary/aromatic N) is 2. The number of rotatable bonds is 8. The first-order valence-electron chi connectivity index (χ1n) is 8.16. The van der Waals surface area contributed by atoms with Gasteiger partial charge in [0.05, 0.1) is 16.7 Å². The Hall–Kier alpha value is -1.53. The van der Waals surface area contributed by atoms with Crippen LogP contribution in [0.1, 0.15) is 33.1 Å². The fraction of sp³-hybridized carbons (Fsp3) is 0.471. The lowest BCUT2D eigenvalue weighted by molar-refractivity contribution is -0.118.